The third-order valence-electron chi connectivity index (χ3n) is 3.81. The second-order valence-electron chi connectivity index (χ2n) is 6.45. The van der Waals surface area contributed by atoms with E-state index in [0.717, 1.165) is 6.08 Å². The van der Waals surface area contributed by atoms with Crippen molar-refractivity contribution in [1.82, 2.24) is 4.90 Å². The van der Waals surface area contributed by atoms with Crippen molar-refractivity contribution in [2.24, 2.45) is 5.41 Å². The molecule has 0 saturated carbocycles. The van der Waals surface area contributed by atoms with Crippen LogP contribution in [-0.4, -0.2) is 48.1 Å². The third-order valence-corrected chi connectivity index (χ3v) is 3.81. The number of aliphatic hydroxyl groups is 1. The zero-order valence-electron chi connectivity index (χ0n) is 12.8. The molecule has 1 saturated heterocycles. The first-order chi connectivity index (χ1) is 10.0. The van der Waals surface area contributed by atoms with Crippen molar-refractivity contribution in [3.8, 4) is 0 Å². The average molecular weight is 319 g/mol. The minimum Gasteiger partial charge on any atom is -0.366 e. The van der Waals surface area contributed by atoms with Crippen LogP contribution in [0.4, 0.5) is 13.2 Å². The number of β-amino-alcohol motifs (C(OH)–C–C–N with tert-alkyl or cyclic N) is 1. The monoisotopic (exact) mass is 319 g/mol. The molecule has 1 amide bonds. The Kier molecular flexibility index (Phi) is 4.41. The lowest BCUT2D eigenvalue weighted by atomic mass is 9.76. The zero-order valence-corrected chi connectivity index (χ0v) is 12.8. The molecule has 1 atom stereocenters. The first kappa shape index (κ1) is 17.0. The molecule has 0 aromatic heterocycles. The number of rotatable bonds is 1. The number of hydrogen-bond donors (Lipinski definition) is 1. The van der Waals surface area contributed by atoms with E-state index in [9.17, 15) is 23.1 Å². The van der Waals surface area contributed by atoms with Gasteiger partial charge in [0.05, 0.1) is 24.3 Å². The predicted octanol–water partition coefficient (Wildman–Crippen LogP) is 2.40. The molecule has 4 nitrogen and oxygen atoms in total. The van der Waals surface area contributed by atoms with Gasteiger partial charge in [0.1, 0.15) is 0 Å². The highest BCUT2D eigenvalue weighted by molar-refractivity contribution is 5.99. The fourth-order valence-electron chi connectivity index (χ4n) is 3.01. The lowest BCUT2D eigenvalue weighted by Crippen LogP contribution is -2.47. The number of morpholine rings is 1. The molecule has 1 N–H and O–H groups in total. The average Bonchev–Trinajstić information content (AvgIpc) is 2.35. The number of allylic oxidation sites excluding steroid dienone is 2. The van der Waals surface area contributed by atoms with Crippen LogP contribution in [0.1, 0.15) is 27.2 Å². The molecule has 1 heterocycles. The van der Waals surface area contributed by atoms with Crippen LogP contribution >= 0.6 is 0 Å². The molecule has 1 aliphatic heterocycles. The summed E-state index contributed by atoms with van der Waals surface area (Å²) in [6.07, 6.45) is -4.23. The summed E-state index contributed by atoms with van der Waals surface area (Å²) in [7, 11) is 0. The van der Waals surface area contributed by atoms with Crippen molar-refractivity contribution >= 4 is 5.91 Å². The summed E-state index contributed by atoms with van der Waals surface area (Å²) >= 11 is 0. The fraction of sp³-hybridized carbons (Fsp3) is 0.667. The highest BCUT2D eigenvalue weighted by atomic mass is 19.4. The van der Waals surface area contributed by atoms with Crippen molar-refractivity contribution < 1.29 is 27.8 Å². The molecule has 0 bridgehead atoms. The van der Waals surface area contributed by atoms with E-state index in [1.807, 2.05) is 0 Å². The molecule has 7 heteroatoms. The molecule has 2 aliphatic rings. The van der Waals surface area contributed by atoms with Crippen LogP contribution in [-0.2, 0) is 9.53 Å². The molecular formula is C15H20F3NO3. The van der Waals surface area contributed by atoms with Gasteiger partial charge in [-0.1, -0.05) is 25.5 Å². The maximum atomic E-state index is 13.4. The van der Waals surface area contributed by atoms with Crippen LogP contribution in [0.5, 0.6) is 0 Å². The summed E-state index contributed by atoms with van der Waals surface area (Å²) in [5, 5.41) is 9.43. The highest BCUT2D eigenvalue weighted by Crippen LogP contribution is 2.44. The van der Waals surface area contributed by atoms with E-state index < -0.39 is 29.4 Å². The number of aliphatic hydroxyl groups excluding tert-OH is 1. The van der Waals surface area contributed by atoms with Crippen LogP contribution in [0, 0.1) is 5.41 Å². The molecule has 0 aromatic carbocycles. The summed E-state index contributed by atoms with van der Waals surface area (Å²) in [5.41, 5.74) is -1.40. The van der Waals surface area contributed by atoms with E-state index in [2.05, 4.69) is 0 Å². The van der Waals surface area contributed by atoms with Crippen molar-refractivity contribution in [2.75, 3.05) is 19.7 Å². The number of nitrogens with zero attached hydrogens (tertiary/aromatic N) is 1. The van der Waals surface area contributed by atoms with E-state index in [1.54, 1.807) is 20.8 Å². The van der Waals surface area contributed by atoms with Gasteiger partial charge < -0.3 is 14.7 Å². The van der Waals surface area contributed by atoms with E-state index in [1.165, 1.54) is 4.90 Å². The molecule has 1 unspecified atom stereocenters. The lowest BCUT2D eigenvalue weighted by Gasteiger charge is -2.35. The molecule has 2 rings (SSSR count). The predicted molar refractivity (Wildman–Crippen MR) is 73.8 cm³/mol. The van der Waals surface area contributed by atoms with Gasteiger partial charge in [-0.15, -0.1) is 0 Å². The van der Waals surface area contributed by atoms with Crippen molar-refractivity contribution in [1.29, 1.82) is 0 Å². The number of halogens is 3. The molecule has 1 aliphatic carbocycles. The lowest BCUT2D eigenvalue weighted by molar-refractivity contribution is -0.162. The summed E-state index contributed by atoms with van der Waals surface area (Å²) in [4.78, 5) is 13.8. The molecule has 124 valence electrons. The first-order valence-electron chi connectivity index (χ1n) is 7.10. The van der Waals surface area contributed by atoms with Gasteiger partial charge in [-0.05, 0) is 18.8 Å². The van der Waals surface area contributed by atoms with Gasteiger partial charge >= 0.3 is 6.18 Å². The zero-order chi connectivity index (χ0) is 16.7. The van der Waals surface area contributed by atoms with Crippen LogP contribution in [0.25, 0.3) is 0 Å². The first-order valence-corrected chi connectivity index (χ1v) is 7.10. The summed E-state index contributed by atoms with van der Waals surface area (Å²) < 4.78 is 45.0. The van der Waals surface area contributed by atoms with Crippen LogP contribution in [0.3, 0.4) is 0 Å². The molecule has 0 spiro atoms. The van der Waals surface area contributed by atoms with Crippen LogP contribution in [0.15, 0.2) is 22.8 Å². The minimum atomic E-state index is -4.59. The van der Waals surface area contributed by atoms with Gasteiger partial charge in [-0.2, -0.15) is 13.2 Å². The normalized spacial score (nSPS) is 26.0. The smallest absolute Gasteiger partial charge is 0.366 e. The fourth-order valence-corrected chi connectivity index (χ4v) is 3.01. The van der Waals surface area contributed by atoms with E-state index in [-0.39, 0.29) is 25.3 Å². The Labute approximate surface area is 127 Å². The Hall–Kier alpha value is -1.34. The Balaban J connectivity index is 2.38. The topological polar surface area (TPSA) is 49.8 Å². The second kappa shape index (κ2) is 5.70. The van der Waals surface area contributed by atoms with Crippen LogP contribution < -0.4 is 0 Å². The quantitative estimate of drug-likeness (QED) is 0.807. The standard InChI is InChI=1S/C15H20F3NO3/c1-9-6-14(2,3)7-10(15(16,17)18)12(9)13(21)19-4-5-22-11(20)8-19/h7,11,20H,4-6,8H2,1-3H3. The molecule has 1 fully saturated rings. The minimum absolute atomic E-state index is 0.107. The SMILES string of the molecule is CC1=C(C(=O)N2CCOC(O)C2)C(C(F)(F)F)=CC(C)(C)C1. The summed E-state index contributed by atoms with van der Waals surface area (Å²) in [5.74, 6) is -0.695. The van der Waals surface area contributed by atoms with Crippen molar-refractivity contribution in [3.63, 3.8) is 0 Å². The van der Waals surface area contributed by atoms with Gasteiger partial charge in [-0.25, -0.2) is 0 Å². The molecular weight excluding hydrogens is 299 g/mol. The number of amides is 1. The number of hydrogen-bond acceptors (Lipinski definition) is 3. The van der Waals surface area contributed by atoms with Crippen molar-refractivity contribution in [2.45, 2.75) is 39.7 Å². The van der Waals surface area contributed by atoms with E-state index in [4.69, 9.17) is 4.74 Å². The maximum absolute atomic E-state index is 13.4. The second-order valence-corrected chi connectivity index (χ2v) is 6.45. The number of carbonyl (C=O) groups excluding carboxylic acids is 1. The van der Waals surface area contributed by atoms with Gasteiger partial charge in [0, 0.05) is 6.54 Å². The van der Waals surface area contributed by atoms with Crippen molar-refractivity contribution in [3.05, 3.63) is 22.8 Å². The van der Waals surface area contributed by atoms with Gasteiger partial charge in [0.15, 0.2) is 6.29 Å². The Morgan fingerprint density at radius 2 is 2.09 bits per heavy atom. The van der Waals surface area contributed by atoms with Gasteiger partial charge in [0.25, 0.3) is 5.91 Å². The van der Waals surface area contributed by atoms with Crippen LogP contribution in [0.2, 0.25) is 0 Å². The molecule has 22 heavy (non-hydrogen) atoms. The number of carbonyl (C=O) groups is 1. The third kappa shape index (κ3) is 3.52. The van der Waals surface area contributed by atoms with Gasteiger partial charge in [0.2, 0.25) is 0 Å². The largest absolute Gasteiger partial charge is 0.416 e. The molecule has 0 radical (unpaired) electrons. The Morgan fingerprint density at radius 1 is 1.45 bits per heavy atom. The number of alkyl halides is 3. The molecule has 0 aromatic rings. The summed E-state index contributed by atoms with van der Waals surface area (Å²) in [6.45, 7) is 5.13. The highest BCUT2D eigenvalue weighted by Gasteiger charge is 2.44. The van der Waals surface area contributed by atoms with Gasteiger partial charge in [-0.3, -0.25) is 4.79 Å². The Bertz CT molecular complexity index is 535. The van der Waals surface area contributed by atoms with E-state index >= 15 is 0 Å². The number of ether oxygens (including phenoxy) is 1. The summed E-state index contributed by atoms with van der Waals surface area (Å²) in [6, 6.07) is 0. The van der Waals surface area contributed by atoms with E-state index in [0.29, 0.717) is 12.0 Å². The Morgan fingerprint density at radius 3 is 2.64 bits per heavy atom. The maximum Gasteiger partial charge on any atom is 0.416 e.